The van der Waals surface area contributed by atoms with Crippen molar-refractivity contribution in [3.8, 4) is 0 Å². The van der Waals surface area contributed by atoms with E-state index >= 15 is 0 Å². The number of methoxy groups -OCH3 is 1. The topological polar surface area (TPSA) is 69.7 Å². The molecule has 0 aliphatic rings. The minimum Gasteiger partial charge on any atom is -0.437 e. The predicted molar refractivity (Wildman–Crippen MR) is 76.6 cm³/mol. The van der Waals surface area contributed by atoms with Crippen LogP contribution < -0.4 is 0 Å². The van der Waals surface area contributed by atoms with Crippen LogP contribution in [0.4, 0.5) is 4.79 Å². The lowest BCUT2D eigenvalue weighted by Crippen LogP contribution is -2.12. The quantitative estimate of drug-likeness (QED) is 0.486. The number of ether oxygens (including phenoxy) is 1. The second-order valence-electron chi connectivity index (χ2n) is 3.45. The van der Waals surface area contributed by atoms with Crippen molar-refractivity contribution < 1.29 is 22.1 Å². The van der Waals surface area contributed by atoms with Crippen LogP contribution in [0.1, 0.15) is 19.8 Å². The molecule has 1 rings (SSSR count). The first-order valence-corrected chi connectivity index (χ1v) is 7.98. The van der Waals surface area contributed by atoms with Gasteiger partial charge in [0.05, 0.1) is 7.11 Å². The molecule has 1 aromatic rings. The smallest absolute Gasteiger partial charge is 0.437 e. The van der Waals surface area contributed by atoms with Crippen molar-refractivity contribution in [1.29, 1.82) is 0 Å². The third kappa shape index (κ3) is 7.80. The summed E-state index contributed by atoms with van der Waals surface area (Å²) in [6.45, 7) is 2.20. The number of rotatable bonds is 4. The number of hydrogen-bond acceptors (Lipinski definition) is 5. The van der Waals surface area contributed by atoms with Gasteiger partial charge in [-0.25, -0.2) is 4.79 Å². The molecule has 1 atom stereocenters. The van der Waals surface area contributed by atoms with E-state index < -0.39 is 16.3 Å². The Morgan fingerprint density at radius 2 is 1.84 bits per heavy atom. The molecule has 0 fully saturated rings. The van der Waals surface area contributed by atoms with Crippen LogP contribution in [-0.2, 0) is 19.0 Å². The Bertz CT molecular complexity index is 456. The predicted octanol–water partition coefficient (Wildman–Crippen LogP) is 2.82. The number of unbranched alkanes of at least 4 members (excludes halogenated alkanes) is 1. The Morgan fingerprint density at radius 1 is 1.26 bits per heavy atom. The summed E-state index contributed by atoms with van der Waals surface area (Å²) in [5.74, 6) is 0. The van der Waals surface area contributed by atoms with Gasteiger partial charge in [0.2, 0.25) is 0 Å². The van der Waals surface area contributed by atoms with Crippen LogP contribution in [0.5, 0.6) is 0 Å². The number of carbonyl (C=O) groups excluding carboxylic acids is 1. The van der Waals surface area contributed by atoms with Gasteiger partial charge in [0.15, 0.2) is 0 Å². The van der Waals surface area contributed by atoms with E-state index in [-0.39, 0.29) is 4.90 Å². The largest absolute Gasteiger partial charge is 0.524 e. The molecule has 0 aliphatic carbocycles. The maximum Gasteiger partial charge on any atom is 0.524 e. The molecular formula is C12H19O5PS. The molecule has 1 aromatic carbocycles. The average Bonchev–Trinajstić information content (AvgIpc) is 2.41. The van der Waals surface area contributed by atoms with Gasteiger partial charge in [-0.15, -0.1) is 9.24 Å². The minimum atomic E-state index is -4.05. The second-order valence-corrected chi connectivity index (χ2v) is 5.57. The molecule has 0 spiro atoms. The second kappa shape index (κ2) is 9.75. The van der Waals surface area contributed by atoms with E-state index in [9.17, 15) is 13.2 Å². The standard InChI is InChI=1S/C8H8O5S.C4H11P/c1-12-8(9)13-14(10,11)7-5-3-2-4-6-7;1-2-3-4-5/h2-6H,1H3;2-5H2,1H3. The molecule has 0 aromatic heterocycles. The monoisotopic (exact) mass is 306 g/mol. The van der Waals surface area contributed by atoms with E-state index in [1.807, 2.05) is 0 Å². The zero-order valence-electron chi connectivity index (χ0n) is 11.0. The van der Waals surface area contributed by atoms with Gasteiger partial charge >= 0.3 is 16.3 Å². The maximum absolute atomic E-state index is 11.3. The van der Waals surface area contributed by atoms with Crippen molar-refractivity contribution in [2.24, 2.45) is 0 Å². The molecule has 0 saturated carbocycles. The molecule has 0 N–H and O–H groups in total. The van der Waals surface area contributed by atoms with E-state index in [1.165, 1.54) is 43.3 Å². The Hall–Kier alpha value is -1.13. The van der Waals surface area contributed by atoms with E-state index in [2.05, 4.69) is 25.1 Å². The fourth-order valence-electron chi connectivity index (χ4n) is 0.963. The molecule has 108 valence electrons. The summed E-state index contributed by atoms with van der Waals surface area (Å²) >= 11 is 0. The average molecular weight is 306 g/mol. The Labute approximate surface area is 116 Å². The van der Waals surface area contributed by atoms with Gasteiger partial charge in [0.1, 0.15) is 4.90 Å². The molecule has 0 saturated heterocycles. The highest BCUT2D eigenvalue weighted by Crippen LogP contribution is 2.11. The molecule has 5 nitrogen and oxygen atoms in total. The summed E-state index contributed by atoms with van der Waals surface area (Å²) in [6, 6.07) is 7.33. The van der Waals surface area contributed by atoms with Gasteiger partial charge in [-0.05, 0) is 18.3 Å². The molecular weight excluding hydrogens is 287 g/mol. The first kappa shape index (κ1) is 17.9. The molecule has 7 heteroatoms. The third-order valence-electron chi connectivity index (χ3n) is 1.93. The first-order chi connectivity index (χ1) is 8.97. The molecule has 0 bridgehead atoms. The maximum atomic E-state index is 11.3. The van der Waals surface area contributed by atoms with E-state index in [4.69, 9.17) is 0 Å². The Morgan fingerprint density at radius 3 is 2.21 bits per heavy atom. The molecule has 0 aliphatic heterocycles. The highest BCUT2D eigenvalue weighted by molar-refractivity contribution is 7.87. The summed E-state index contributed by atoms with van der Waals surface area (Å²) < 4.78 is 30.7. The lowest BCUT2D eigenvalue weighted by Gasteiger charge is -2.02. The number of benzene rings is 1. The molecule has 0 amide bonds. The van der Waals surface area contributed by atoms with Crippen LogP contribution in [0.15, 0.2) is 35.2 Å². The van der Waals surface area contributed by atoms with Crippen LogP contribution in [0, 0.1) is 0 Å². The lowest BCUT2D eigenvalue weighted by atomic mass is 10.4. The van der Waals surface area contributed by atoms with Gasteiger partial charge in [-0.3, -0.25) is 0 Å². The van der Waals surface area contributed by atoms with Gasteiger partial charge in [0, 0.05) is 0 Å². The molecule has 1 unspecified atom stereocenters. The van der Waals surface area contributed by atoms with Crippen LogP contribution in [0.3, 0.4) is 0 Å². The summed E-state index contributed by atoms with van der Waals surface area (Å²) in [5, 5.41) is 0. The Balaban J connectivity index is 0.000000555. The fraction of sp³-hybridized carbons (Fsp3) is 0.417. The lowest BCUT2D eigenvalue weighted by molar-refractivity contribution is 0.124. The zero-order chi connectivity index (χ0) is 14.7. The first-order valence-electron chi connectivity index (χ1n) is 5.75. The highest BCUT2D eigenvalue weighted by Gasteiger charge is 2.19. The van der Waals surface area contributed by atoms with Crippen LogP contribution in [-0.4, -0.2) is 27.8 Å². The van der Waals surface area contributed by atoms with E-state index in [0.717, 1.165) is 7.11 Å². The SMILES string of the molecule is CCCCP.COC(=O)OS(=O)(=O)c1ccccc1. The molecule has 19 heavy (non-hydrogen) atoms. The summed E-state index contributed by atoms with van der Waals surface area (Å²) in [5.41, 5.74) is 0. The summed E-state index contributed by atoms with van der Waals surface area (Å²) in [4.78, 5) is 10.5. The normalized spacial score (nSPS) is 10.1. The third-order valence-corrected chi connectivity index (χ3v) is 3.55. The van der Waals surface area contributed by atoms with Crippen molar-refractivity contribution in [3.63, 3.8) is 0 Å². The van der Waals surface area contributed by atoms with Crippen molar-refractivity contribution >= 4 is 25.5 Å². The van der Waals surface area contributed by atoms with Crippen LogP contribution >= 0.6 is 9.24 Å². The van der Waals surface area contributed by atoms with E-state index in [1.54, 1.807) is 6.07 Å². The zero-order valence-corrected chi connectivity index (χ0v) is 13.0. The highest BCUT2D eigenvalue weighted by atomic mass is 32.2. The van der Waals surface area contributed by atoms with Crippen molar-refractivity contribution in [2.75, 3.05) is 13.3 Å². The van der Waals surface area contributed by atoms with Crippen molar-refractivity contribution in [2.45, 2.75) is 24.7 Å². The summed E-state index contributed by atoms with van der Waals surface area (Å²) in [6.07, 6.45) is 2.68. The fourth-order valence-corrected chi connectivity index (χ4v) is 2.21. The number of hydrogen-bond donors (Lipinski definition) is 0. The van der Waals surface area contributed by atoms with E-state index in [0.29, 0.717) is 0 Å². The van der Waals surface area contributed by atoms with Crippen LogP contribution in [0.2, 0.25) is 0 Å². The van der Waals surface area contributed by atoms with Crippen molar-refractivity contribution in [3.05, 3.63) is 30.3 Å². The van der Waals surface area contributed by atoms with Crippen LogP contribution in [0.25, 0.3) is 0 Å². The van der Waals surface area contributed by atoms with Gasteiger partial charge in [0.25, 0.3) is 0 Å². The van der Waals surface area contributed by atoms with Gasteiger partial charge in [-0.2, -0.15) is 8.42 Å². The van der Waals surface area contributed by atoms with Gasteiger partial charge < -0.3 is 8.92 Å². The summed E-state index contributed by atoms with van der Waals surface area (Å²) in [7, 11) is -0.316. The van der Waals surface area contributed by atoms with Gasteiger partial charge in [-0.1, -0.05) is 38.0 Å². The Kier molecular flexibility index (Phi) is 9.17. The van der Waals surface area contributed by atoms with Crippen molar-refractivity contribution in [1.82, 2.24) is 0 Å². The molecule has 0 heterocycles. The minimum absolute atomic E-state index is 0.0922. The molecule has 0 radical (unpaired) electrons. The number of carbonyl (C=O) groups is 1.